The first-order valence-electron chi connectivity index (χ1n) is 8.25. The van der Waals surface area contributed by atoms with Crippen molar-refractivity contribution in [1.82, 2.24) is 25.6 Å². The van der Waals surface area contributed by atoms with Gasteiger partial charge in [-0.2, -0.15) is 0 Å². The van der Waals surface area contributed by atoms with E-state index >= 15 is 0 Å². The van der Waals surface area contributed by atoms with Crippen molar-refractivity contribution in [1.29, 1.82) is 0 Å². The quantitative estimate of drug-likeness (QED) is 0.850. The molecule has 6 nitrogen and oxygen atoms in total. The van der Waals surface area contributed by atoms with Gasteiger partial charge in [-0.3, -0.25) is 4.79 Å². The Labute approximate surface area is 158 Å². The molecule has 0 aliphatic carbocycles. The monoisotopic (exact) mass is 383 g/mol. The van der Waals surface area contributed by atoms with Gasteiger partial charge in [0.15, 0.2) is 5.69 Å². The van der Waals surface area contributed by atoms with Gasteiger partial charge in [0.2, 0.25) is 0 Å². The van der Waals surface area contributed by atoms with Crippen molar-refractivity contribution >= 4 is 29.9 Å². The molecule has 1 unspecified atom stereocenters. The third-order valence-corrected chi connectivity index (χ3v) is 4.77. The molecule has 1 aliphatic rings. The second-order valence-corrected chi connectivity index (χ2v) is 6.63. The Balaban J connectivity index is 0.00000225. The van der Waals surface area contributed by atoms with Crippen LogP contribution in [0.3, 0.4) is 0 Å². The van der Waals surface area contributed by atoms with Gasteiger partial charge in [-0.15, -0.1) is 17.5 Å². The number of rotatable bonds is 4. The van der Waals surface area contributed by atoms with Crippen LogP contribution in [0.4, 0.5) is 0 Å². The van der Waals surface area contributed by atoms with E-state index in [4.69, 9.17) is 11.6 Å². The molecule has 136 valence electrons. The van der Waals surface area contributed by atoms with Gasteiger partial charge in [0, 0.05) is 5.02 Å². The van der Waals surface area contributed by atoms with Gasteiger partial charge >= 0.3 is 0 Å². The third-order valence-electron chi connectivity index (χ3n) is 4.51. The van der Waals surface area contributed by atoms with Crippen molar-refractivity contribution in [3.8, 4) is 0 Å². The van der Waals surface area contributed by atoms with E-state index in [0.717, 1.165) is 37.2 Å². The maximum absolute atomic E-state index is 12.5. The van der Waals surface area contributed by atoms with E-state index in [1.165, 1.54) is 0 Å². The SMILES string of the molecule is Cc1c(C(=O)NC(C)c2ccc(Cl)cc2)nnn1C1CCNCC1.Cl. The lowest BCUT2D eigenvalue weighted by Crippen LogP contribution is -2.31. The van der Waals surface area contributed by atoms with E-state index in [0.29, 0.717) is 16.8 Å². The van der Waals surface area contributed by atoms with Gasteiger partial charge < -0.3 is 10.6 Å². The summed E-state index contributed by atoms with van der Waals surface area (Å²) in [4.78, 5) is 12.5. The summed E-state index contributed by atoms with van der Waals surface area (Å²) in [5.74, 6) is -0.199. The third kappa shape index (κ3) is 4.51. The molecule has 8 heteroatoms. The van der Waals surface area contributed by atoms with E-state index in [2.05, 4.69) is 20.9 Å². The smallest absolute Gasteiger partial charge is 0.274 e. The highest BCUT2D eigenvalue weighted by Gasteiger charge is 2.23. The number of aromatic nitrogens is 3. The zero-order chi connectivity index (χ0) is 17.1. The van der Waals surface area contributed by atoms with Crippen LogP contribution in [0.25, 0.3) is 0 Å². The van der Waals surface area contributed by atoms with E-state index in [1.807, 2.05) is 42.8 Å². The molecule has 25 heavy (non-hydrogen) atoms. The van der Waals surface area contributed by atoms with Crippen LogP contribution in [-0.4, -0.2) is 34.0 Å². The van der Waals surface area contributed by atoms with Crippen LogP contribution in [0, 0.1) is 6.92 Å². The summed E-state index contributed by atoms with van der Waals surface area (Å²) in [7, 11) is 0. The van der Waals surface area contributed by atoms with Crippen LogP contribution in [0.2, 0.25) is 5.02 Å². The van der Waals surface area contributed by atoms with Crippen LogP contribution in [0.15, 0.2) is 24.3 Å². The lowest BCUT2D eigenvalue weighted by Gasteiger charge is -2.23. The summed E-state index contributed by atoms with van der Waals surface area (Å²) in [6.45, 7) is 5.79. The lowest BCUT2D eigenvalue weighted by molar-refractivity contribution is 0.0934. The molecule has 1 fully saturated rings. The molecule has 0 saturated carbocycles. The van der Waals surface area contributed by atoms with Gasteiger partial charge in [0.05, 0.1) is 17.8 Å². The molecule has 1 aliphatic heterocycles. The molecular formula is C17H23Cl2N5O. The first kappa shape index (κ1) is 19.7. The van der Waals surface area contributed by atoms with Crippen molar-refractivity contribution in [2.24, 2.45) is 0 Å². The molecule has 0 spiro atoms. The van der Waals surface area contributed by atoms with Gasteiger partial charge in [-0.1, -0.05) is 28.9 Å². The van der Waals surface area contributed by atoms with Crippen LogP contribution in [0.1, 0.15) is 53.6 Å². The number of hydrogen-bond donors (Lipinski definition) is 2. The first-order chi connectivity index (χ1) is 11.6. The van der Waals surface area contributed by atoms with Gasteiger partial charge in [-0.05, 0) is 57.5 Å². The Morgan fingerprint density at radius 2 is 1.96 bits per heavy atom. The second kappa shape index (κ2) is 8.65. The molecule has 3 rings (SSSR count). The summed E-state index contributed by atoms with van der Waals surface area (Å²) < 4.78 is 1.89. The first-order valence-corrected chi connectivity index (χ1v) is 8.63. The van der Waals surface area contributed by atoms with Crippen molar-refractivity contribution < 1.29 is 4.79 Å². The fourth-order valence-electron chi connectivity index (χ4n) is 3.05. The minimum Gasteiger partial charge on any atom is -0.344 e. The molecular weight excluding hydrogens is 361 g/mol. The van der Waals surface area contributed by atoms with Crippen molar-refractivity contribution in [2.45, 2.75) is 38.8 Å². The Morgan fingerprint density at radius 1 is 1.32 bits per heavy atom. The zero-order valence-electron chi connectivity index (χ0n) is 14.3. The largest absolute Gasteiger partial charge is 0.344 e. The fraction of sp³-hybridized carbons (Fsp3) is 0.471. The number of benzene rings is 1. The van der Waals surface area contributed by atoms with Crippen LogP contribution < -0.4 is 10.6 Å². The van der Waals surface area contributed by atoms with Crippen LogP contribution >= 0.6 is 24.0 Å². The maximum atomic E-state index is 12.5. The summed E-state index contributed by atoms with van der Waals surface area (Å²) >= 11 is 5.90. The second-order valence-electron chi connectivity index (χ2n) is 6.20. The predicted molar refractivity (Wildman–Crippen MR) is 100 cm³/mol. The van der Waals surface area contributed by atoms with E-state index in [9.17, 15) is 4.79 Å². The van der Waals surface area contributed by atoms with Gasteiger partial charge in [-0.25, -0.2) is 4.68 Å². The number of carbonyl (C=O) groups excluding carboxylic acids is 1. The Hall–Kier alpha value is -1.63. The number of nitrogens with zero attached hydrogens (tertiary/aromatic N) is 3. The summed E-state index contributed by atoms with van der Waals surface area (Å²) in [6.07, 6.45) is 2.01. The summed E-state index contributed by atoms with van der Waals surface area (Å²) in [5.41, 5.74) is 2.22. The fourth-order valence-corrected chi connectivity index (χ4v) is 3.17. The highest BCUT2D eigenvalue weighted by molar-refractivity contribution is 6.30. The number of piperidine rings is 1. The molecule has 2 heterocycles. The number of carbonyl (C=O) groups is 1. The Kier molecular flexibility index (Phi) is 6.81. The number of amides is 1. The molecule has 2 aromatic rings. The maximum Gasteiger partial charge on any atom is 0.274 e. The number of halogens is 2. The molecule has 2 N–H and O–H groups in total. The van der Waals surface area contributed by atoms with Crippen molar-refractivity contribution in [3.63, 3.8) is 0 Å². The van der Waals surface area contributed by atoms with Crippen molar-refractivity contribution in [3.05, 3.63) is 46.2 Å². The average molecular weight is 384 g/mol. The Bertz CT molecular complexity index is 710. The van der Waals surface area contributed by atoms with E-state index in [-0.39, 0.29) is 24.4 Å². The summed E-state index contributed by atoms with van der Waals surface area (Å²) in [6, 6.07) is 7.64. The minimum absolute atomic E-state index is 0. The normalized spacial score (nSPS) is 16.1. The number of nitrogens with one attached hydrogen (secondary N) is 2. The topological polar surface area (TPSA) is 71.8 Å². The highest BCUT2D eigenvalue weighted by Crippen LogP contribution is 2.21. The van der Waals surface area contributed by atoms with E-state index < -0.39 is 0 Å². The molecule has 1 amide bonds. The molecule has 0 bridgehead atoms. The van der Waals surface area contributed by atoms with Gasteiger partial charge in [0.1, 0.15) is 0 Å². The Morgan fingerprint density at radius 3 is 2.60 bits per heavy atom. The number of hydrogen-bond acceptors (Lipinski definition) is 4. The summed E-state index contributed by atoms with van der Waals surface area (Å²) in [5, 5.41) is 15.3. The molecule has 1 aromatic carbocycles. The lowest BCUT2D eigenvalue weighted by atomic mass is 10.1. The van der Waals surface area contributed by atoms with Crippen LogP contribution in [-0.2, 0) is 0 Å². The zero-order valence-corrected chi connectivity index (χ0v) is 15.9. The minimum atomic E-state index is -0.199. The van der Waals surface area contributed by atoms with E-state index in [1.54, 1.807) is 0 Å². The predicted octanol–water partition coefficient (Wildman–Crippen LogP) is 3.08. The highest BCUT2D eigenvalue weighted by atomic mass is 35.5. The molecule has 1 aromatic heterocycles. The van der Waals surface area contributed by atoms with Crippen molar-refractivity contribution in [2.75, 3.05) is 13.1 Å². The van der Waals surface area contributed by atoms with Crippen LogP contribution in [0.5, 0.6) is 0 Å². The molecule has 1 atom stereocenters. The average Bonchev–Trinajstić information content (AvgIpc) is 2.98. The van der Waals surface area contributed by atoms with Gasteiger partial charge in [0.25, 0.3) is 5.91 Å². The molecule has 1 saturated heterocycles. The molecule has 0 radical (unpaired) electrons. The standard InChI is InChI=1S/C17H22ClN5O.ClH/c1-11(13-3-5-14(18)6-4-13)20-17(24)16-12(2)23(22-21-16)15-7-9-19-10-8-15;/h3-6,11,15,19H,7-10H2,1-2H3,(H,20,24);1H.